The molecule has 2 aromatic rings. The van der Waals surface area contributed by atoms with Crippen molar-refractivity contribution in [3.05, 3.63) is 65.7 Å². The van der Waals surface area contributed by atoms with Gasteiger partial charge in [-0.3, -0.25) is 9.59 Å². The summed E-state index contributed by atoms with van der Waals surface area (Å²) in [5.41, 5.74) is 1.46. The lowest BCUT2D eigenvalue weighted by Gasteiger charge is -2.45. The van der Waals surface area contributed by atoms with Gasteiger partial charge in [0.25, 0.3) is 5.91 Å². The van der Waals surface area contributed by atoms with E-state index in [0.717, 1.165) is 13.0 Å². The van der Waals surface area contributed by atoms with Crippen LogP contribution in [-0.4, -0.2) is 74.0 Å². The highest BCUT2D eigenvalue weighted by Gasteiger charge is 2.52. The van der Waals surface area contributed by atoms with Crippen LogP contribution in [0.1, 0.15) is 35.3 Å². The van der Waals surface area contributed by atoms with Crippen molar-refractivity contribution in [1.29, 1.82) is 0 Å². The van der Waals surface area contributed by atoms with Crippen molar-refractivity contribution in [2.45, 2.75) is 24.9 Å². The average Bonchev–Trinajstić information content (AvgIpc) is 3.16. The molecule has 2 aromatic carbocycles. The Morgan fingerprint density at radius 1 is 1.18 bits per heavy atom. The number of likely N-dealkylation sites (tertiary alicyclic amines) is 1. The van der Waals surface area contributed by atoms with Crippen LogP contribution < -0.4 is 15.4 Å². The molecule has 4 rings (SSSR count). The number of likely N-dealkylation sites (N-methyl/N-ethyl adjacent to an activating group) is 1. The van der Waals surface area contributed by atoms with Gasteiger partial charge < -0.3 is 25.2 Å². The van der Waals surface area contributed by atoms with Crippen LogP contribution in [-0.2, 0) is 4.79 Å². The van der Waals surface area contributed by atoms with E-state index in [1.54, 1.807) is 6.92 Å². The minimum Gasteiger partial charge on any atom is -0.492 e. The summed E-state index contributed by atoms with van der Waals surface area (Å²) in [6.07, 6.45) is 0.721. The molecule has 2 fully saturated rings. The van der Waals surface area contributed by atoms with E-state index in [9.17, 15) is 9.59 Å². The van der Waals surface area contributed by atoms with E-state index in [2.05, 4.69) is 27.7 Å². The molecule has 0 bridgehead atoms. The van der Waals surface area contributed by atoms with Gasteiger partial charge in [-0.15, -0.1) is 0 Å². The van der Waals surface area contributed by atoms with E-state index in [4.69, 9.17) is 4.74 Å². The summed E-state index contributed by atoms with van der Waals surface area (Å²) in [5.74, 6) is 0.763. The van der Waals surface area contributed by atoms with E-state index < -0.39 is 0 Å². The number of piperidine rings is 1. The number of nitrogens with zero attached hydrogens (tertiary/aromatic N) is 2. The van der Waals surface area contributed by atoms with Gasteiger partial charge >= 0.3 is 0 Å². The Morgan fingerprint density at radius 2 is 1.97 bits per heavy atom. The number of fused-ring (bicyclic) bond motifs is 1. The Morgan fingerprint density at radius 3 is 2.70 bits per heavy atom. The second-order valence-electron chi connectivity index (χ2n) is 9.39. The number of benzene rings is 2. The second kappa shape index (κ2) is 9.93. The third kappa shape index (κ3) is 5.20. The van der Waals surface area contributed by atoms with Crippen LogP contribution in [0.3, 0.4) is 0 Å². The highest BCUT2D eigenvalue weighted by atomic mass is 16.5. The molecule has 176 valence electrons. The molecular formula is C26H34N4O3. The summed E-state index contributed by atoms with van der Waals surface area (Å²) in [6, 6.07) is 17.8. The SMILES string of the molecule is CC(=O)N[C@@]12CCN(C(=O)c3cccc(OCCN(C)C)c3)C[C@@H]1[C@@H](c1ccccc1)NC2. The highest BCUT2D eigenvalue weighted by molar-refractivity contribution is 5.94. The monoisotopic (exact) mass is 450 g/mol. The third-order valence-electron chi connectivity index (χ3n) is 6.75. The van der Waals surface area contributed by atoms with Gasteiger partial charge in [0.05, 0.1) is 5.54 Å². The van der Waals surface area contributed by atoms with Crippen molar-refractivity contribution in [3.8, 4) is 5.75 Å². The Balaban J connectivity index is 1.52. The van der Waals surface area contributed by atoms with Crippen LogP contribution >= 0.6 is 0 Å². The van der Waals surface area contributed by atoms with Gasteiger partial charge in [-0.05, 0) is 44.3 Å². The predicted octanol–water partition coefficient (Wildman–Crippen LogP) is 2.31. The standard InChI is InChI=1S/C26H34N4O3/c1-19(31)28-26-12-13-30(17-23(26)24(27-18-26)20-8-5-4-6-9-20)25(32)21-10-7-11-22(16-21)33-15-14-29(2)3/h4-11,16,23-24,27H,12-15,17-18H2,1-3H3,(H,28,31)/t23-,24-,26-/m1/s1. The summed E-state index contributed by atoms with van der Waals surface area (Å²) < 4.78 is 5.83. The molecule has 2 N–H and O–H groups in total. The third-order valence-corrected chi connectivity index (χ3v) is 6.75. The van der Waals surface area contributed by atoms with Crippen LogP contribution in [0.4, 0.5) is 0 Å². The summed E-state index contributed by atoms with van der Waals surface area (Å²) in [6.45, 7) is 4.84. The second-order valence-corrected chi connectivity index (χ2v) is 9.39. The lowest BCUT2D eigenvalue weighted by Crippen LogP contribution is -2.61. The number of ether oxygens (including phenoxy) is 1. The molecule has 7 heteroatoms. The maximum Gasteiger partial charge on any atom is 0.254 e. The minimum atomic E-state index is -0.347. The number of nitrogens with one attached hydrogen (secondary N) is 2. The van der Waals surface area contributed by atoms with Gasteiger partial charge in [-0.25, -0.2) is 0 Å². The van der Waals surface area contributed by atoms with Crippen molar-refractivity contribution in [2.75, 3.05) is 46.9 Å². The normalized spacial score (nSPS) is 24.4. The first-order chi connectivity index (χ1) is 15.9. The molecule has 2 aliphatic heterocycles. The Kier molecular flexibility index (Phi) is 7.00. The molecule has 7 nitrogen and oxygen atoms in total. The Bertz CT molecular complexity index is 981. The molecule has 0 aliphatic carbocycles. The average molecular weight is 451 g/mol. The van der Waals surface area contributed by atoms with E-state index in [1.165, 1.54) is 5.56 Å². The van der Waals surface area contributed by atoms with Gasteiger partial charge in [0.2, 0.25) is 5.91 Å². The summed E-state index contributed by atoms with van der Waals surface area (Å²) in [5, 5.41) is 6.86. The number of amides is 2. The molecule has 2 amide bonds. The molecule has 2 aliphatic rings. The Hall–Kier alpha value is -2.90. The van der Waals surface area contributed by atoms with Gasteiger partial charge in [-0.2, -0.15) is 0 Å². The number of rotatable bonds is 7. The van der Waals surface area contributed by atoms with Crippen molar-refractivity contribution in [2.24, 2.45) is 5.92 Å². The first kappa shape index (κ1) is 23.3. The summed E-state index contributed by atoms with van der Waals surface area (Å²) in [4.78, 5) is 29.5. The topological polar surface area (TPSA) is 73.9 Å². The zero-order valence-electron chi connectivity index (χ0n) is 19.7. The molecule has 0 unspecified atom stereocenters. The highest BCUT2D eigenvalue weighted by Crippen LogP contribution is 2.42. The largest absolute Gasteiger partial charge is 0.492 e. The maximum absolute atomic E-state index is 13.4. The molecule has 3 atom stereocenters. The number of carbonyl (C=O) groups excluding carboxylic acids is 2. The van der Waals surface area contributed by atoms with Crippen LogP contribution in [0.2, 0.25) is 0 Å². The lowest BCUT2D eigenvalue weighted by molar-refractivity contribution is -0.121. The van der Waals surface area contributed by atoms with Crippen molar-refractivity contribution >= 4 is 11.8 Å². The number of hydrogen-bond acceptors (Lipinski definition) is 5. The van der Waals surface area contributed by atoms with E-state index in [0.29, 0.717) is 37.6 Å². The minimum absolute atomic E-state index is 0.00296. The van der Waals surface area contributed by atoms with Crippen molar-refractivity contribution in [1.82, 2.24) is 20.4 Å². The van der Waals surface area contributed by atoms with E-state index in [-0.39, 0.29) is 29.3 Å². The van der Waals surface area contributed by atoms with Crippen LogP contribution in [0.5, 0.6) is 5.75 Å². The molecular weight excluding hydrogens is 416 g/mol. The van der Waals surface area contributed by atoms with E-state index in [1.807, 2.05) is 61.5 Å². The summed E-state index contributed by atoms with van der Waals surface area (Å²) in [7, 11) is 4.00. The summed E-state index contributed by atoms with van der Waals surface area (Å²) >= 11 is 0. The van der Waals surface area contributed by atoms with Crippen LogP contribution in [0.25, 0.3) is 0 Å². The van der Waals surface area contributed by atoms with Crippen molar-refractivity contribution < 1.29 is 14.3 Å². The number of hydrogen-bond donors (Lipinski definition) is 2. The smallest absolute Gasteiger partial charge is 0.254 e. The molecule has 2 heterocycles. The zero-order chi connectivity index (χ0) is 23.4. The maximum atomic E-state index is 13.4. The first-order valence-corrected chi connectivity index (χ1v) is 11.6. The molecule has 33 heavy (non-hydrogen) atoms. The fourth-order valence-corrected chi connectivity index (χ4v) is 5.09. The van der Waals surface area contributed by atoms with Crippen LogP contribution in [0.15, 0.2) is 54.6 Å². The molecule has 0 spiro atoms. The van der Waals surface area contributed by atoms with Crippen molar-refractivity contribution in [3.63, 3.8) is 0 Å². The molecule has 0 aromatic heterocycles. The molecule has 0 saturated carbocycles. The van der Waals surface area contributed by atoms with Gasteiger partial charge in [-0.1, -0.05) is 36.4 Å². The van der Waals surface area contributed by atoms with Gasteiger partial charge in [0.15, 0.2) is 0 Å². The first-order valence-electron chi connectivity index (χ1n) is 11.6. The fraction of sp³-hybridized carbons (Fsp3) is 0.462. The zero-order valence-corrected chi connectivity index (χ0v) is 19.7. The van der Waals surface area contributed by atoms with Gasteiger partial charge in [0.1, 0.15) is 12.4 Å². The fourth-order valence-electron chi connectivity index (χ4n) is 5.09. The predicted molar refractivity (Wildman–Crippen MR) is 128 cm³/mol. The molecule has 0 radical (unpaired) electrons. The number of carbonyl (C=O) groups is 2. The van der Waals surface area contributed by atoms with Gasteiger partial charge in [0, 0.05) is 50.6 Å². The lowest BCUT2D eigenvalue weighted by atomic mass is 9.75. The van der Waals surface area contributed by atoms with Crippen LogP contribution in [0, 0.1) is 5.92 Å². The Labute approximate surface area is 196 Å². The van der Waals surface area contributed by atoms with E-state index >= 15 is 0 Å². The molecule has 2 saturated heterocycles. The quantitative estimate of drug-likeness (QED) is 0.677.